The Morgan fingerprint density at radius 2 is 2.06 bits per heavy atom. The molecule has 0 saturated heterocycles. The Balaban J connectivity index is 2.69. The molecule has 0 aliphatic heterocycles. The van der Waals surface area contributed by atoms with Crippen LogP contribution in [0.3, 0.4) is 0 Å². The summed E-state index contributed by atoms with van der Waals surface area (Å²) in [6.07, 6.45) is 0.789. The maximum Gasteiger partial charge on any atom is 0.236 e. The number of hydrogen-bond donors (Lipinski definition) is 0. The van der Waals surface area contributed by atoms with Crippen LogP contribution in [0.15, 0.2) is 30.3 Å². The number of hydrogen-bond acceptors (Lipinski definition) is 2. The van der Waals surface area contributed by atoms with Gasteiger partial charge in [-0.15, -0.1) is 0 Å². The average molecular weight is 314 g/mol. The molecular formula is C14H20BrNO2. The molecule has 0 fully saturated rings. The van der Waals surface area contributed by atoms with Gasteiger partial charge in [0.1, 0.15) is 0 Å². The predicted octanol–water partition coefficient (Wildman–Crippen LogP) is 2.84. The molecule has 4 heteroatoms. The molecule has 1 aromatic carbocycles. The van der Waals surface area contributed by atoms with Crippen molar-refractivity contribution in [2.45, 2.75) is 24.7 Å². The summed E-state index contributed by atoms with van der Waals surface area (Å²) in [6, 6.07) is 10.0. The second-order valence-electron chi connectivity index (χ2n) is 4.11. The highest BCUT2D eigenvalue weighted by molar-refractivity contribution is 9.10. The van der Waals surface area contributed by atoms with E-state index >= 15 is 0 Å². The molecule has 0 aromatic heterocycles. The van der Waals surface area contributed by atoms with Gasteiger partial charge in [-0.05, 0) is 12.0 Å². The third-order valence-corrected chi connectivity index (χ3v) is 3.76. The third kappa shape index (κ3) is 4.78. The molecule has 0 bridgehead atoms. The maximum atomic E-state index is 12.2. The first-order valence-electron chi connectivity index (χ1n) is 6.14. The van der Waals surface area contributed by atoms with Crippen molar-refractivity contribution in [2.75, 3.05) is 20.3 Å². The summed E-state index contributed by atoms with van der Waals surface area (Å²) in [5.41, 5.74) is 1.14. The molecule has 0 heterocycles. The summed E-state index contributed by atoms with van der Waals surface area (Å²) in [6.45, 7) is 3.80. The average Bonchev–Trinajstić information content (AvgIpc) is 2.42. The van der Waals surface area contributed by atoms with Crippen LogP contribution in [0.4, 0.5) is 0 Å². The summed E-state index contributed by atoms with van der Waals surface area (Å²) in [5, 5.41) is 0. The van der Waals surface area contributed by atoms with Crippen LogP contribution in [0, 0.1) is 0 Å². The van der Waals surface area contributed by atoms with Crippen molar-refractivity contribution >= 4 is 21.8 Å². The Kier molecular flexibility index (Phi) is 6.98. The molecule has 1 aromatic rings. The molecule has 0 N–H and O–H groups in total. The van der Waals surface area contributed by atoms with Gasteiger partial charge < -0.3 is 9.64 Å². The van der Waals surface area contributed by atoms with E-state index in [-0.39, 0.29) is 10.7 Å². The van der Waals surface area contributed by atoms with Crippen molar-refractivity contribution < 1.29 is 9.53 Å². The second kappa shape index (κ2) is 8.27. The molecule has 0 saturated carbocycles. The number of amides is 1. The van der Waals surface area contributed by atoms with E-state index in [2.05, 4.69) is 15.9 Å². The number of carbonyl (C=O) groups is 1. The van der Waals surface area contributed by atoms with Gasteiger partial charge >= 0.3 is 0 Å². The van der Waals surface area contributed by atoms with E-state index in [9.17, 15) is 4.79 Å². The molecule has 0 spiro atoms. The quantitative estimate of drug-likeness (QED) is 0.724. The van der Waals surface area contributed by atoms with Gasteiger partial charge in [0.2, 0.25) is 5.91 Å². The van der Waals surface area contributed by atoms with Crippen LogP contribution in [0.5, 0.6) is 0 Å². The fourth-order valence-electron chi connectivity index (χ4n) is 1.65. The van der Waals surface area contributed by atoms with Gasteiger partial charge in [0.25, 0.3) is 0 Å². The van der Waals surface area contributed by atoms with E-state index in [0.717, 1.165) is 12.0 Å². The first kappa shape index (κ1) is 15.2. The Labute approximate surface area is 117 Å². The normalized spacial score (nSPS) is 12.2. The molecule has 0 radical (unpaired) electrons. The second-order valence-corrected chi connectivity index (χ2v) is 5.22. The highest BCUT2D eigenvalue weighted by atomic mass is 79.9. The smallest absolute Gasteiger partial charge is 0.236 e. The van der Waals surface area contributed by atoms with E-state index in [1.54, 1.807) is 7.11 Å². The Hall–Kier alpha value is -0.870. The zero-order valence-electron chi connectivity index (χ0n) is 10.9. The van der Waals surface area contributed by atoms with Gasteiger partial charge in [-0.3, -0.25) is 4.79 Å². The highest BCUT2D eigenvalue weighted by Gasteiger charge is 2.20. The molecule has 100 valence electrons. The van der Waals surface area contributed by atoms with Crippen LogP contribution in [-0.4, -0.2) is 35.9 Å². The van der Waals surface area contributed by atoms with E-state index in [4.69, 9.17) is 4.74 Å². The summed E-state index contributed by atoms with van der Waals surface area (Å²) in [5.74, 6) is 0.124. The van der Waals surface area contributed by atoms with E-state index < -0.39 is 0 Å². The van der Waals surface area contributed by atoms with Crippen molar-refractivity contribution in [3.05, 3.63) is 35.9 Å². The van der Waals surface area contributed by atoms with Gasteiger partial charge in [0.15, 0.2) is 0 Å². The lowest BCUT2D eigenvalue weighted by Crippen LogP contribution is -2.38. The van der Waals surface area contributed by atoms with Crippen molar-refractivity contribution in [1.82, 2.24) is 4.90 Å². The highest BCUT2D eigenvalue weighted by Crippen LogP contribution is 2.12. The van der Waals surface area contributed by atoms with Crippen molar-refractivity contribution in [1.29, 1.82) is 0 Å². The van der Waals surface area contributed by atoms with Crippen LogP contribution in [0.1, 0.15) is 18.9 Å². The van der Waals surface area contributed by atoms with Gasteiger partial charge in [-0.2, -0.15) is 0 Å². The van der Waals surface area contributed by atoms with Gasteiger partial charge in [-0.25, -0.2) is 0 Å². The minimum absolute atomic E-state index is 0.113. The van der Waals surface area contributed by atoms with Gasteiger partial charge in [0, 0.05) is 20.2 Å². The minimum Gasteiger partial charge on any atom is -0.383 e. The van der Waals surface area contributed by atoms with Crippen molar-refractivity contribution in [3.63, 3.8) is 0 Å². The molecule has 1 rings (SSSR count). The predicted molar refractivity (Wildman–Crippen MR) is 76.7 cm³/mol. The van der Waals surface area contributed by atoms with Crippen LogP contribution >= 0.6 is 15.9 Å². The lowest BCUT2D eigenvalue weighted by atomic mass is 10.2. The molecule has 18 heavy (non-hydrogen) atoms. The standard InChI is InChI=1S/C14H20BrNO2/c1-3-13(15)14(17)16(9-10-18-2)11-12-7-5-4-6-8-12/h4-8,13H,3,9-11H2,1-2H3. The number of carbonyl (C=O) groups excluding carboxylic acids is 1. The van der Waals surface area contributed by atoms with E-state index in [1.807, 2.05) is 42.2 Å². The topological polar surface area (TPSA) is 29.5 Å². The maximum absolute atomic E-state index is 12.2. The van der Waals surface area contributed by atoms with Crippen LogP contribution in [0.25, 0.3) is 0 Å². The first-order chi connectivity index (χ1) is 8.69. The number of rotatable bonds is 7. The van der Waals surface area contributed by atoms with Crippen LogP contribution in [0.2, 0.25) is 0 Å². The summed E-state index contributed by atoms with van der Waals surface area (Å²) in [4.78, 5) is 13.9. The lowest BCUT2D eigenvalue weighted by molar-refractivity contribution is -0.131. The van der Waals surface area contributed by atoms with E-state index in [1.165, 1.54) is 0 Å². The number of ether oxygens (including phenoxy) is 1. The molecule has 0 aliphatic carbocycles. The first-order valence-corrected chi connectivity index (χ1v) is 7.06. The van der Waals surface area contributed by atoms with Gasteiger partial charge in [0.05, 0.1) is 11.4 Å². The number of alkyl halides is 1. The number of nitrogens with zero attached hydrogens (tertiary/aromatic N) is 1. The van der Waals surface area contributed by atoms with Crippen LogP contribution < -0.4 is 0 Å². The molecule has 1 atom stereocenters. The zero-order valence-corrected chi connectivity index (χ0v) is 12.5. The fraction of sp³-hybridized carbons (Fsp3) is 0.500. The Bertz CT molecular complexity index is 356. The molecule has 0 aliphatic rings. The minimum atomic E-state index is -0.113. The van der Waals surface area contributed by atoms with Crippen molar-refractivity contribution in [2.24, 2.45) is 0 Å². The molecular weight excluding hydrogens is 294 g/mol. The van der Waals surface area contributed by atoms with Gasteiger partial charge in [-0.1, -0.05) is 53.2 Å². The zero-order chi connectivity index (χ0) is 13.4. The Morgan fingerprint density at radius 3 is 2.61 bits per heavy atom. The Morgan fingerprint density at radius 1 is 1.39 bits per heavy atom. The molecule has 3 nitrogen and oxygen atoms in total. The molecule has 1 amide bonds. The summed E-state index contributed by atoms with van der Waals surface area (Å²) >= 11 is 3.42. The lowest BCUT2D eigenvalue weighted by Gasteiger charge is -2.24. The van der Waals surface area contributed by atoms with E-state index in [0.29, 0.717) is 19.7 Å². The third-order valence-electron chi connectivity index (χ3n) is 2.72. The van der Waals surface area contributed by atoms with Crippen molar-refractivity contribution in [3.8, 4) is 0 Å². The molecule has 1 unspecified atom stereocenters. The summed E-state index contributed by atoms with van der Waals surface area (Å²) in [7, 11) is 1.65. The fourth-order valence-corrected chi connectivity index (χ4v) is 1.93. The SMILES string of the molecule is CCC(Br)C(=O)N(CCOC)Cc1ccccc1. The monoisotopic (exact) mass is 313 g/mol. The van der Waals surface area contributed by atoms with Crippen LogP contribution in [-0.2, 0) is 16.1 Å². The largest absolute Gasteiger partial charge is 0.383 e. The summed E-state index contributed by atoms with van der Waals surface area (Å²) < 4.78 is 5.06. The number of benzene rings is 1. The number of methoxy groups -OCH3 is 1. The number of halogens is 1.